The number of carbonyl (C=O) groups is 1. The zero-order chi connectivity index (χ0) is 16.5. The first-order chi connectivity index (χ1) is 11.2. The number of amides is 1. The molecule has 0 heterocycles. The van der Waals surface area contributed by atoms with Crippen LogP contribution < -0.4 is 10.9 Å². The molecule has 0 aliphatic carbocycles. The van der Waals surface area contributed by atoms with E-state index in [4.69, 9.17) is 0 Å². The lowest BCUT2D eigenvalue weighted by Crippen LogP contribution is -2.36. The number of allylic oxidation sites excluding steroid dienone is 1. The molecule has 2 aromatic carbocycles. The molecule has 2 aromatic rings. The Kier molecular flexibility index (Phi) is 7.13. The van der Waals surface area contributed by atoms with Gasteiger partial charge in [0.05, 0.1) is 11.3 Å². The second kappa shape index (κ2) is 9.35. The molecule has 2 rings (SSSR count). The molecule has 0 saturated heterocycles. The molecule has 23 heavy (non-hydrogen) atoms. The van der Waals surface area contributed by atoms with Crippen LogP contribution in [0.5, 0.6) is 0 Å². The van der Waals surface area contributed by atoms with Gasteiger partial charge in [0.25, 0.3) is 5.91 Å². The Morgan fingerprint density at radius 3 is 2.43 bits per heavy atom. The summed E-state index contributed by atoms with van der Waals surface area (Å²) in [6.07, 6.45) is 5.39. The van der Waals surface area contributed by atoms with Gasteiger partial charge >= 0.3 is 0 Å². The Balaban J connectivity index is 2.08. The van der Waals surface area contributed by atoms with Crippen molar-refractivity contribution >= 4 is 34.2 Å². The summed E-state index contributed by atoms with van der Waals surface area (Å²) in [6, 6.07) is 17.6. The monoisotopic (exact) mass is 420 g/mol. The average Bonchev–Trinajstić information content (AvgIpc) is 2.59. The predicted octanol–water partition coefficient (Wildman–Crippen LogP) is 4.76. The minimum absolute atomic E-state index is 0.132. The number of hydrogen-bond donors (Lipinski definition) is 2. The predicted molar refractivity (Wildman–Crippen MR) is 104 cm³/mol. The number of nitrogens with one attached hydrogen (secondary N) is 2. The van der Waals surface area contributed by atoms with Gasteiger partial charge in [0.2, 0.25) is 0 Å². The summed E-state index contributed by atoms with van der Waals surface area (Å²) >= 11 is 2.17. The van der Waals surface area contributed by atoms with E-state index in [1.54, 1.807) is 0 Å². The van der Waals surface area contributed by atoms with Gasteiger partial charge in [0.15, 0.2) is 0 Å². The van der Waals surface area contributed by atoms with Crippen molar-refractivity contribution in [3.63, 3.8) is 0 Å². The van der Waals surface area contributed by atoms with Gasteiger partial charge in [-0.3, -0.25) is 15.6 Å². The van der Waals surface area contributed by atoms with Crippen LogP contribution >= 0.6 is 22.6 Å². The molecule has 0 unspecified atom stereocenters. The largest absolute Gasteiger partial charge is 0.298 e. The van der Waals surface area contributed by atoms with E-state index in [-0.39, 0.29) is 5.91 Å². The summed E-state index contributed by atoms with van der Waals surface area (Å²) in [5.41, 5.74) is 8.54. The van der Waals surface area contributed by atoms with Crippen LogP contribution in [0.15, 0.2) is 60.7 Å². The molecule has 0 bridgehead atoms. The number of benzene rings is 2. The van der Waals surface area contributed by atoms with E-state index in [0.29, 0.717) is 5.56 Å². The Hall–Kier alpha value is -1.82. The van der Waals surface area contributed by atoms with Gasteiger partial charge in [-0.15, -0.1) is 0 Å². The lowest BCUT2D eigenvalue weighted by molar-refractivity contribution is 0.0941. The first kappa shape index (κ1) is 17.5. The van der Waals surface area contributed by atoms with E-state index in [9.17, 15) is 4.79 Å². The highest BCUT2D eigenvalue weighted by Gasteiger charge is 2.09. The zero-order valence-corrected chi connectivity index (χ0v) is 15.3. The number of hydrogen-bond acceptors (Lipinski definition) is 2. The highest BCUT2D eigenvalue weighted by molar-refractivity contribution is 14.1. The van der Waals surface area contributed by atoms with Crippen LogP contribution in [0.2, 0.25) is 0 Å². The lowest BCUT2D eigenvalue weighted by Gasteiger charge is -2.13. The molecule has 120 valence electrons. The minimum atomic E-state index is -0.132. The Bertz CT molecular complexity index is 668. The Labute approximate surface area is 151 Å². The van der Waals surface area contributed by atoms with Gasteiger partial charge in [-0.2, -0.15) is 0 Å². The SMILES string of the molecule is CCCC/C=C(\NNC(=O)c1ccccc1I)c1ccccc1. The van der Waals surface area contributed by atoms with Gasteiger partial charge in [0, 0.05) is 3.57 Å². The highest BCUT2D eigenvalue weighted by Crippen LogP contribution is 2.14. The average molecular weight is 420 g/mol. The molecule has 0 atom stereocenters. The summed E-state index contributed by atoms with van der Waals surface area (Å²) in [4.78, 5) is 12.3. The number of carbonyl (C=O) groups excluding carboxylic acids is 1. The first-order valence-corrected chi connectivity index (χ1v) is 8.86. The maximum atomic E-state index is 12.3. The van der Waals surface area contributed by atoms with E-state index in [1.165, 1.54) is 0 Å². The fraction of sp³-hybridized carbons (Fsp3) is 0.211. The second-order valence-electron chi connectivity index (χ2n) is 5.19. The maximum Gasteiger partial charge on any atom is 0.270 e. The number of rotatable bonds is 7. The normalized spacial score (nSPS) is 11.1. The first-order valence-electron chi connectivity index (χ1n) is 7.79. The van der Waals surface area contributed by atoms with Gasteiger partial charge in [-0.05, 0) is 53.1 Å². The third-order valence-corrected chi connectivity index (χ3v) is 4.36. The fourth-order valence-electron chi connectivity index (χ4n) is 2.15. The standard InChI is InChI=1S/C19H21IN2O/c1-2-3-5-14-18(15-10-6-4-7-11-15)21-22-19(23)16-12-8-9-13-17(16)20/h4,6-14,21H,2-3,5H2,1H3,(H,22,23)/b18-14-. The van der Waals surface area contributed by atoms with Crippen molar-refractivity contribution in [1.29, 1.82) is 0 Å². The van der Waals surface area contributed by atoms with Crippen LogP contribution in [0.3, 0.4) is 0 Å². The molecule has 0 aliphatic rings. The third kappa shape index (κ3) is 5.39. The molecular formula is C19H21IN2O. The van der Waals surface area contributed by atoms with Gasteiger partial charge in [0.1, 0.15) is 0 Å². The molecule has 1 amide bonds. The van der Waals surface area contributed by atoms with Gasteiger partial charge in [-0.25, -0.2) is 0 Å². The molecular weight excluding hydrogens is 399 g/mol. The van der Waals surface area contributed by atoms with E-state index in [0.717, 1.165) is 34.1 Å². The van der Waals surface area contributed by atoms with Crippen LogP contribution in [0.25, 0.3) is 5.70 Å². The van der Waals surface area contributed by atoms with Crippen molar-refractivity contribution in [2.75, 3.05) is 0 Å². The quantitative estimate of drug-likeness (QED) is 0.386. The molecule has 0 spiro atoms. The third-order valence-electron chi connectivity index (χ3n) is 3.42. The van der Waals surface area contributed by atoms with Crippen molar-refractivity contribution in [3.8, 4) is 0 Å². The molecule has 0 saturated carbocycles. The smallest absolute Gasteiger partial charge is 0.270 e. The van der Waals surface area contributed by atoms with Crippen LogP contribution in [0.4, 0.5) is 0 Å². The molecule has 3 nitrogen and oxygen atoms in total. The minimum Gasteiger partial charge on any atom is -0.298 e. The second-order valence-corrected chi connectivity index (χ2v) is 6.35. The van der Waals surface area contributed by atoms with E-state index in [1.807, 2.05) is 54.6 Å². The van der Waals surface area contributed by atoms with Crippen molar-refractivity contribution in [1.82, 2.24) is 10.9 Å². The van der Waals surface area contributed by atoms with E-state index < -0.39 is 0 Å². The maximum absolute atomic E-state index is 12.3. The van der Waals surface area contributed by atoms with Crippen LogP contribution in [0, 0.1) is 3.57 Å². The van der Waals surface area contributed by atoms with Crippen LogP contribution in [-0.2, 0) is 0 Å². The summed E-state index contributed by atoms with van der Waals surface area (Å²) in [5, 5.41) is 0. The van der Waals surface area contributed by atoms with Gasteiger partial charge < -0.3 is 0 Å². The summed E-state index contributed by atoms with van der Waals surface area (Å²) in [5.74, 6) is -0.132. The molecule has 0 radical (unpaired) electrons. The Morgan fingerprint density at radius 2 is 1.74 bits per heavy atom. The molecule has 0 aromatic heterocycles. The molecule has 4 heteroatoms. The van der Waals surface area contributed by atoms with Crippen molar-refractivity contribution < 1.29 is 4.79 Å². The summed E-state index contributed by atoms with van der Waals surface area (Å²) in [7, 11) is 0. The van der Waals surface area contributed by atoms with E-state index >= 15 is 0 Å². The van der Waals surface area contributed by atoms with Crippen molar-refractivity contribution in [2.45, 2.75) is 26.2 Å². The molecule has 0 fully saturated rings. The number of halogens is 1. The van der Waals surface area contributed by atoms with E-state index in [2.05, 4.69) is 46.4 Å². The molecule has 0 aliphatic heterocycles. The number of unbranched alkanes of at least 4 members (excludes halogenated alkanes) is 2. The summed E-state index contributed by atoms with van der Waals surface area (Å²) in [6.45, 7) is 2.17. The Morgan fingerprint density at radius 1 is 1.04 bits per heavy atom. The van der Waals surface area contributed by atoms with Crippen LogP contribution in [-0.4, -0.2) is 5.91 Å². The van der Waals surface area contributed by atoms with Gasteiger partial charge in [-0.1, -0.05) is 61.9 Å². The molecule has 2 N–H and O–H groups in total. The zero-order valence-electron chi connectivity index (χ0n) is 13.2. The van der Waals surface area contributed by atoms with Crippen LogP contribution in [0.1, 0.15) is 42.1 Å². The fourth-order valence-corrected chi connectivity index (χ4v) is 2.78. The number of hydrazine groups is 1. The lowest BCUT2D eigenvalue weighted by atomic mass is 10.1. The highest BCUT2D eigenvalue weighted by atomic mass is 127. The van der Waals surface area contributed by atoms with Crippen molar-refractivity contribution in [3.05, 3.63) is 75.4 Å². The summed E-state index contributed by atoms with van der Waals surface area (Å²) < 4.78 is 0.931. The topological polar surface area (TPSA) is 41.1 Å². The van der Waals surface area contributed by atoms with Crippen molar-refractivity contribution in [2.24, 2.45) is 0 Å².